The Morgan fingerprint density at radius 2 is 2.00 bits per heavy atom. The molecule has 1 aromatic carbocycles. The van der Waals surface area contributed by atoms with Crippen LogP contribution in [0.15, 0.2) is 18.2 Å². The van der Waals surface area contributed by atoms with Crippen molar-refractivity contribution < 1.29 is 12.8 Å². The molecule has 0 aliphatic rings. The van der Waals surface area contributed by atoms with Crippen LogP contribution in [0.25, 0.3) is 0 Å². The van der Waals surface area contributed by atoms with E-state index >= 15 is 0 Å². The minimum absolute atomic E-state index is 0.0362. The normalized spacial score (nSPS) is 11.8. The number of nitrogens with two attached hydrogens (primary N) is 1. The summed E-state index contributed by atoms with van der Waals surface area (Å²) in [6.45, 7) is 3.38. The van der Waals surface area contributed by atoms with Crippen LogP contribution >= 0.6 is 0 Å². The smallest absolute Gasteiger partial charge is 0.299 e. The number of rotatable bonds is 4. The van der Waals surface area contributed by atoms with E-state index in [2.05, 4.69) is 9.44 Å². The second-order valence-corrected chi connectivity index (χ2v) is 5.06. The van der Waals surface area contributed by atoms with Crippen molar-refractivity contribution in [3.05, 3.63) is 24.0 Å². The van der Waals surface area contributed by atoms with Gasteiger partial charge in [0, 0.05) is 6.04 Å². The number of benzene rings is 1. The molecule has 1 rings (SSSR count). The van der Waals surface area contributed by atoms with Crippen LogP contribution in [0.1, 0.15) is 13.8 Å². The highest BCUT2D eigenvalue weighted by Crippen LogP contribution is 2.19. The summed E-state index contributed by atoms with van der Waals surface area (Å²) in [7, 11) is -3.67. The molecule has 0 aliphatic heterocycles. The Morgan fingerprint density at radius 1 is 1.38 bits per heavy atom. The lowest BCUT2D eigenvalue weighted by Crippen LogP contribution is -2.35. The summed E-state index contributed by atoms with van der Waals surface area (Å²) < 4.78 is 40.2. The molecule has 4 N–H and O–H groups in total. The van der Waals surface area contributed by atoms with Gasteiger partial charge in [-0.3, -0.25) is 4.72 Å². The van der Waals surface area contributed by atoms with E-state index in [4.69, 9.17) is 5.73 Å². The largest absolute Gasteiger partial charge is 0.397 e. The molecule has 0 aliphatic carbocycles. The fourth-order valence-corrected chi connectivity index (χ4v) is 2.27. The molecular weight excluding hydrogens is 233 g/mol. The lowest BCUT2D eigenvalue weighted by Gasteiger charge is -2.12. The van der Waals surface area contributed by atoms with Gasteiger partial charge in [-0.2, -0.15) is 13.1 Å². The highest BCUT2D eigenvalue weighted by atomic mass is 32.2. The first kappa shape index (κ1) is 12.7. The van der Waals surface area contributed by atoms with Crippen LogP contribution in [0.5, 0.6) is 0 Å². The van der Waals surface area contributed by atoms with Gasteiger partial charge in [-0.25, -0.2) is 4.39 Å². The van der Waals surface area contributed by atoms with Crippen molar-refractivity contribution in [3.63, 3.8) is 0 Å². The maximum absolute atomic E-state index is 12.7. The molecule has 0 fully saturated rings. The summed E-state index contributed by atoms with van der Waals surface area (Å²) in [6.07, 6.45) is 0. The topological polar surface area (TPSA) is 84.2 Å². The van der Waals surface area contributed by atoms with Crippen molar-refractivity contribution in [2.75, 3.05) is 10.5 Å². The first-order valence-electron chi connectivity index (χ1n) is 4.65. The molecule has 7 heteroatoms. The Kier molecular flexibility index (Phi) is 3.71. The zero-order valence-corrected chi connectivity index (χ0v) is 9.81. The molecule has 5 nitrogen and oxygen atoms in total. The van der Waals surface area contributed by atoms with Crippen molar-refractivity contribution in [1.82, 2.24) is 4.72 Å². The van der Waals surface area contributed by atoms with Crippen molar-refractivity contribution in [2.45, 2.75) is 19.9 Å². The predicted octanol–water partition coefficient (Wildman–Crippen LogP) is 1.06. The van der Waals surface area contributed by atoms with Crippen LogP contribution in [0, 0.1) is 5.82 Å². The summed E-state index contributed by atoms with van der Waals surface area (Å²) in [6, 6.07) is 3.21. The number of hydrogen-bond donors (Lipinski definition) is 3. The molecule has 0 heterocycles. The second kappa shape index (κ2) is 4.67. The van der Waals surface area contributed by atoms with Gasteiger partial charge < -0.3 is 5.73 Å². The van der Waals surface area contributed by atoms with Gasteiger partial charge in [0.15, 0.2) is 0 Å². The number of halogens is 1. The van der Waals surface area contributed by atoms with Gasteiger partial charge in [-0.15, -0.1) is 0 Å². The minimum atomic E-state index is -3.67. The summed E-state index contributed by atoms with van der Waals surface area (Å²) in [5.41, 5.74) is 5.65. The summed E-state index contributed by atoms with van der Waals surface area (Å²) in [4.78, 5) is 0. The monoisotopic (exact) mass is 247 g/mol. The Labute approximate surface area is 94.0 Å². The Bertz CT molecular complexity index is 474. The quantitative estimate of drug-likeness (QED) is 0.696. The Hall–Kier alpha value is -1.34. The van der Waals surface area contributed by atoms with E-state index in [1.165, 1.54) is 6.07 Å². The molecule has 0 saturated heterocycles. The Morgan fingerprint density at radius 3 is 2.50 bits per heavy atom. The number of anilines is 2. The minimum Gasteiger partial charge on any atom is -0.397 e. The van der Waals surface area contributed by atoms with E-state index in [0.29, 0.717) is 0 Å². The number of nitrogens with one attached hydrogen (secondary N) is 2. The van der Waals surface area contributed by atoms with Gasteiger partial charge in [0.05, 0.1) is 11.4 Å². The summed E-state index contributed by atoms with van der Waals surface area (Å²) in [5, 5.41) is 0. The molecule has 0 atom stereocenters. The molecular formula is C9H14FN3O2S. The SMILES string of the molecule is CC(C)NS(=O)(=O)Nc1ccc(F)cc1N. The predicted molar refractivity (Wildman–Crippen MR) is 61.6 cm³/mol. The van der Waals surface area contributed by atoms with E-state index in [1.807, 2.05) is 0 Å². The van der Waals surface area contributed by atoms with Crippen molar-refractivity contribution >= 4 is 21.6 Å². The lowest BCUT2D eigenvalue weighted by atomic mass is 10.3. The first-order chi connectivity index (χ1) is 7.30. The third kappa shape index (κ3) is 3.67. The molecule has 0 bridgehead atoms. The maximum Gasteiger partial charge on any atom is 0.299 e. The molecule has 16 heavy (non-hydrogen) atoms. The van der Waals surface area contributed by atoms with Crippen LogP contribution in [0.2, 0.25) is 0 Å². The molecule has 90 valence electrons. The van der Waals surface area contributed by atoms with Crippen molar-refractivity contribution in [2.24, 2.45) is 0 Å². The van der Waals surface area contributed by atoms with Gasteiger partial charge in [0.1, 0.15) is 5.82 Å². The van der Waals surface area contributed by atoms with Crippen molar-refractivity contribution in [1.29, 1.82) is 0 Å². The molecule has 0 unspecified atom stereocenters. The van der Waals surface area contributed by atoms with Crippen molar-refractivity contribution in [3.8, 4) is 0 Å². The highest BCUT2D eigenvalue weighted by Gasteiger charge is 2.12. The van der Waals surface area contributed by atoms with Gasteiger partial charge >= 0.3 is 0 Å². The molecule has 0 amide bonds. The molecule has 0 spiro atoms. The number of nitrogen functional groups attached to an aromatic ring is 1. The third-order valence-electron chi connectivity index (χ3n) is 1.65. The molecule has 1 aromatic rings. The fraction of sp³-hybridized carbons (Fsp3) is 0.333. The first-order valence-corrected chi connectivity index (χ1v) is 6.13. The average Bonchev–Trinajstić information content (AvgIpc) is 2.07. The summed E-state index contributed by atoms with van der Waals surface area (Å²) >= 11 is 0. The van der Waals surface area contributed by atoms with E-state index in [9.17, 15) is 12.8 Å². The van der Waals surface area contributed by atoms with Crippen LogP contribution in [0.3, 0.4) is 0 Å². The second-order valence-electron chi connectivity index (χ2n) is 3.61. The van der Waals surface area contributed by atoms with E-state index < -0.39 is 16.0 Å². The van der Waals surface area contributed by atoms with Gasteiger partial charge in [-0.05, 0) is 32.0 Å². The van der Waals surface area contributed by atoms with Gasteiger partial charge in [0.2, 0.25) is 0 Å². The molecule has 0 aromatic heterocycles. The van der Waals surface area contributed by atoms with E-state index in [1.54, 1.807) is 13.8 Å². The fourth-order valence-electron chi connectivity index (χ4n) is 1.11. The molecule has 0 saturated carbocycles. The molecule has 0 radical (unpaired) electrons. The van der Waals surface area contributed by atoms with Gasteiger partial charge in [-0.1, -0.05) is 0 Å². The standard InChI is InChI=1S/C9H14FN3O2S/c1-6(2)12-16(14,15)13-9-4-3-7(10)5-8(9)11/h3-6,12-13H,11H2,1-2H3. The number of hydrogen-bond acceptors (Lipinski definition) is 3. The Balaban J connectivity index is 2.88. The van der Waals surface area contributed by atoms with Crippen LogP contribution in [-0.2, 0) is 10.2 Å². The third-order valence-corrected chi connectivity index (χ3v) is 2.92. The van der Waals surface area contributed by atoms with Gasteiger partial charge in [0.25, 0.3) is 10.2 Å². The highest BCUT2D eigenvalue weighted by molar-refractivity contribution is 7.90. The average molecular weight is 247 g/mol. The zero-order chi connectivity index (χ0) is 12.3. The zero-order valence-electron chi connectivity index (χ0n) is 8.99. The van der Waals surface area contributed by atoms with Crippen LogP contribution in [0.4, 0.5) is 15.8 Å². The van der Waals surface area contributed by atoms with Crippen LogP contribution < -0.4 is 15.2 Å². The van der Waals surface area contributed by atoms with Crippen LogP contribution in [-0.4, -0.2) is 14.5 Å². The van der Waals surface area contributed by atoms with E-state index in [0.717, 1.165) is 12.1 Å². The maximum atomic E-state index is 12.7. The van der Waals surface area contributed by atoms with E-state index in [-0.39, 0.29) is 17.4 Å². The summed E-state index contributed by atoms with van der Waals surface area (Å²) in [5.74, 6) is -0.516. The lowest BCUT2D eigenvalue weighted by molar-refractivity contribution is 0.575.